The fourth-order valence-corrected chi connectivity index (χ4v) is 2.56. The van der Waals surface area contributed by atoms with Gasteiger partial charge in [-0.05, 0) is 0 Å². The quantitative estimate of drug-likeness (QED) is 0.156. The Morgan fingerprint density at radius 3 is 0.462 bits per heavy atom. The molecular formula is C24H55ClSn. The van der Waals surface area contributed by atoms with Crippen LogP contribution in [0, 0.1) is 0 Å². The van der Waals surface area contributed by atoms with E-state index in [1.54, 1.807) is 0 Å². The molecule has 0 atom stereocenters. The van der Waals surface area contributed by atoms with Crippen LogP contribution in [0.3, 0.4) is 0 Å². The van der Waals surface area contributed by atoms with Crippen LogP contribution in [0.1, 0.15) is 157 Å². The molecule has 0 aliphatic rings. The second-order valence-corrected chi connectivity index (χ2v) is 7.24. The Bertz CT molecular complexity index is 116. The fourth-order valence-electron chi connectivity index (χ4n) is 2.56. The van der Waals surface area contributed by atoms with Crippen molar-refractivity contribution in [2.45, 2.75) is 157 Å². The first kappa shape index (κ1) is 37.8. The summed E-state index contributed by atoms with van der Waals surface area (Å²) in [7, 11) is 0. The number of unbranched alkanes of at least 4 members (excludes halogenated alkanes) is 15. The minimum absolute atomic E-state index is 0. The zero-order chi connectivity index (χ0) is 18.7. The minimum atomic E-state index is 0. The van der Waals surface area contributed by atoms with Gasteiger partial charge in [-0.15, -0.1) is 12.4 Å². The molecule has 162 valence electrons. The van der Waals surface area contributed by atoms with Crippen LogP contribution in [0.5, 0.6) is 0 Å². The third-order valence-electron chi connectivity index (χ3n) is 4.37. The molecule has 0 nitrogen and oxygen atoms in total. The van der Waals surface area contributed by atoms with Crippen molar-refractivity contribution >= 4 is 36.3 Å². The summed E-state index contributed by atoms with van der Waals surface area (Å²) in [6.07, 6.45) is 25.5. The van der Waals surface area contributed by atoms with Crippen molar-refractivity contribution in [1.82, 2.24) is 0 Å². The molecule has 0 saturated heterocycles. The molecule has 0 aromatic rings. The maximum atomic E-state index is 2.26. The van der Waals surface area contributed by atoms with E-state index in [1.807, 2.05) is 0 Å². The maximum absolute atomic E-state index is 2.26. The van der Waals surface area contributed by atoms with Gasteiger partial charge in [0.2, 0.25) is 0 Å². The van der Waals surface area contributed by atoms with Crippen LogP contribution in [0.2, 0.25) is 0 Å². The number of rotatable bonds is 15. The summed E-state index contributed by atoms with van der Waals surface area (Å²) in [5.41, 5.74) is 0. The van der Waals surface area contributed by atoms with Crippen LogP contribution in [-0.2, 0) is 0 Å². The third kappa shape index (κ3) is 56.2. The molecule has 4 radical (unpaired) electrons. The Morgan fingerprint density at radius 1 is 0.269 bits per heavy atom. The SMILES string of the molecule is CCCCCCCC.CCCCCCCC.CCCCCCCC.Cl.[Sn]. The maximum Gasteiger partial charge on any atom is 0 e. The molecule has 0 spiro atoms. The van der Waals surface area contributed by atoms with Gasteiger partial charge in [-0.3, -0.25) is 0 Å². The Labute approximate surface area is 192 Å². The second-order valence-electron chi connectivity index (χ2n) is 7.24. The molecule has 26 heavy (non-hydrogen) atoms. The normalized spacial score (nSPS) is 9.00. The monoisotopic (exact) mass is 498 g/mol. The molecule has 0 amide bonds. The van der Waals surface area contributed by atoms with E-state index in [4.69, 9.17) is 0 Å². The zero-order valence-electron chi connectivity index (χ0n) is 19.6. The van der Waals surface area contributed by atoms with Crippen molar-refractivity contribution in [2.24, 2.45) is 0 Å². The van der Waals surface area contributed by atoms with E-state index >= 15 is 0 Å². The average Bonchev–Trinajstić information content (AvgIpc) is 2.61. The predicted octanol–water partition coefficient (Wildman–Crippen LogP) is 10.1. The van der Waals surface area contributed by atoms with Crippen molar-refractivity contribution < 1.29 is 0 Å². The molecule has 0 heterocycles. The molecule has 0 N–H and O–H groups in total. The summed E-state index contributed by atoms with van der Waals surface area (Å²) in [6.45, 7) is 13.5. The molecular weight excluding hydrogens is 442 g/mol. The van der Waals surface area contributed by atoms with Crippen LogP contribution in [0.25, 0.3) is 0 Å². The summed E-state index contributed by atoms with van der Waals surface area (Å²) >= 11 is 0. The van der Waals surface area contributed by atoms with E-state index in [2.05, 4.69) is 41.5 Å². The molecule has 0 aliphatic heterocycles. The fraction of sp³-hybridized carbons (Fsp3) is 1.00. The van der Waals surface area contributed by atoms with Gasteiger partial charge in [-0.25, -0.2) is 0 Å². The van der Waals surface area contributed by atoms with Gasteiger partial charge in [0, 0.05) is 23.9 Å². The van der Waals surface area contributed by atoms with E-state index in [1.165, 1.54) is 116 Å². The first-order valence-corrected chi connectivity index (χ1v) is 11.7. The van der Waals surface area contributed by atoms with Gasteiger partial charge >= 0.3 is 0 Å². The van der Waals surface area contributed by atoms with Crippen LogP contribution in [0.15, 0.2) is 0 Å². The van der Waals surface area contributed by atoms with Crippen molar-refractivity contribution in [3.05, 3.63) is 0 Å². The molecule has 0 aromatic heterocycles. The van der Waals surface area contributed by atoms with Gasteiger partial charge < -0.3 is 0 Å². The van der Waals surface area contributed by atoms with Crippen LogP contribution in [0.4, 0.5) is 0 Å². The second kappa shape index (κ2) is 45.1. The van der Waals surface area contributed by atoms with Gasteiger partial charge in [0.25, 0.3) is 0 Å². The Balaban J connectivity index is -0.0000000817. The van der Waals surface area contributed by atoms with E-state index in [9.17, 15) is 0 Å². The van der Waals surface area contributed by atoms with Gasteiger partial charge in [-0.2, -0.15) is 0 Å². The summed E-state index contributed by atoms with van der Waals surface area (Å²) in [4.78, 5) is 0. The molecule has 0 aromatic carbocycles. The molecule has 0 unspecified atom stereocenters. The number of halogens is 1. The van der Waals surface area contributed by atoms with Crippen LogP contribution < -0.4 is 0 Å². The van der Waals surface area contributed by atoms with Crippen LogP contribution in [-0.4, -0.2) is 23.9 Å². The van der Waals surface area contributed by atoms with Gasteiger partial charge in [0.15, 0.2) is 0 Å². The van der Waals surface area contributed by atoms with E-state index in [0.29, 0.717) is 0 Å². The largest absolute Gasteiger partial charge is 0.147 e. The first-order chi connectivity index (χ1) is 11.7. The standard InChI is InChI=1S/3C8H18.ClH.Sn/c3*1-3-5-7-8-6-4-2;;/h3*3-8H2,1-2H3;1H;. The Kier molecular flexibility index (Phi) is 65.5. The van der Waals surface area contributed by atoms with Gasteiger partial charge in [0.1, 0.15) is 0 Å². The molecule has 0 bridgehead atoms. The summed E-state index contributed by atoms with van der Waals surface area (Å²) in [5.74, 6) is 0. The van der Waals surface area contributed by atoms with Crippen molar-refractivity contribution in [3.63, 3.8) is 0 Å². The Morgan fingerprint density at radius 2 is 0.385 bits per heavy atom. The Hall–Kier alpha value is 1.09. The van der Waals surface area contributed by atoms with E-state index in [-0.39, 0.29) is 36.3 Å². The van der Waals surface area contributed by atoms with E-state index in [0.717, 1.165) is 0 Å². The third-order valence-corrected chi connectivity index (χ3v) is 4.37. The molecule has 0 fully saturated rings. The number of hydrogen-bond acceptors (Lipinski definition) is 0. The van der Waals surface area contributed by atoms with Crippen molar-refractivity contribution in [3.8, 4) is 0 Å². The summed E-state index contributed by atoms with van der Waals surface area (Å²) in [5, 5.41) is 0. The van der Waals surface area contributed by atoms with E-state index < -0.39 is 0 Å². The molecule has 0 saturated carbocycles. The van der Waals surface area contributed by atoms with Gasteiger partial charge in [0.05, 0.1) is 0 Å². The smallest absolute Gasteiger partial charge is 0 e. The molecule has 0 rings (SSSR count). The van der Waals surface area contributed by atoms with Crippen molar-refractivity contribution in [2.75, 3.05) is 0 Å². The minimum Gasteiger partial charge on any atom is -0.147 e. The zero-order valence-corrected chi connectivity index (χ0v) is 23.3. The molecule has 0 aliphatic carbocycles. The predicted molar refractivity (Wildman–Crippen MR) is 130 cm³/mol. The number of hydrogen-bond donors (Lipinski definition) is 0. The molecule has 2 heteroatoms. The topological polar surface area (TPSA) is 0 Å². The van der Waals surface area contributed by atoms with Crippen LogP contribution >= 0.6 is 12.4 Å². The summed E-state index contributed by atoms with van der Waals surface area (Å²) in [6, 6.07) is 0. The average molecular weight is 498 g/mol. The van der Waals surface area contributed by atoms with Gasteiger partial charge in [-0.1, -0.05) is 157 Å². The summed E-state index contributed by atoms with van der Waals surface area (Å²) < 4.78 is 0. The first-order valence-electron chi connectivity index (χ1n) is 11.7. The van der Waals surface area contributed by atoms with Crippen molar-refractivity contribution in [1.29, 1.82) is 0 Å².